The Morgan fingerprint density at radius 3 is 2.68 bits per heavy atom. The van der Waals surface area contributed by atoms with Gasteiger partial charge in [0, 0.05) is 16.6 Å². The van der Waals surface area contributed by atoms with Crippen LogP contribution in [0.25, 0.3) is 10.9 Å². The lowest BCUT2D eigenvalue weighted by Gasteiger charge is -2.19. The van der Waals surface area contributed by atoms with E-state index in [1.54, 1.807) is 20.8 Å². The van der Waals surface area contributed by atoms with E-state index < -0.39 is 22.4 Å². The van der Waals surface area contributed by atoms with E-state index in [-0.39, 0.29) is 46.5 Å². The molecule has 34 heavy (non-hydrogen) atoms. The van der Waals surface area contributed by atoms with E-state index in [2.05, 4.69) is 36.5 Å². The predicted molar refractivity (Wildman–Crippen MR) is 128 cm³/mol. The number of anilines is 2. The Morgan fingerprint density at radius 2 is 2.00 bits per heavy atom. The molecule has 0 aliphatic heterocycles. The Morgan fingerprint density at radius 1 is 1.26 bits per heavy atom. The first-order valence-electron chi connectivity index (χ1n) is 9.89. The van der Waals surface area contributed by atoms with Gasteiger partial charge in [0.25, 0.3) is 0 Å². The van der Waals surface area contributed by atoms with Gasteiger partial charge in [0.15, 0.2) is 5.75 Å². The zero-order chi connectivity index (χ0) is 25.0. The molecule has 1 amide bonds. The van der Waals surface area contributed by atoms with Crippen LogP contribution in [0.5, 0.6) is 5.75 Å². The van der Waals surface area contributed by atoms with Gasteiger partial charge >= 0.3 is 11.8 Å². The second-order valence-corrected chi connectivity index (χ2v) is 9.23. The molecule has 1 aromatic heterocycles. The molecule has 0 radical (unpaired) electrons. The molecule has 0 atom stereocenters. The van der Waals surface area contributed by atoms with Crippen LogP contribution in [0.4, 0.5) is 26.4 Å². The van der Waals surface area contributed by atoms with Gasteiger partial charge in [-0.15, -0.1) is 0 Å². The number of nitro benzene ring substituents is 1. The highest BCUT2D eigenvalue weighted by atomic mass is 79.9. The molecule has 3 rings (SSSR count). The lowest BCUT2D eigenvalue weighted by Crippen LogP contribution is -2.34. The van der Waals surface area contributed by atoms with Crippen LogP contribution < -0.4 is 15.4 Å². The molecule has 0 saturated heterocycles. The number of ether oxygens (including phenoxy) is 2. The Labute approximate surface area is 207 Å². The zero-order valence-corrected chi connectivity index (χ0v) is 20.7. The highest BCUT2D eigenvalue weighted by Gasteiger charge is 2.21. The smallest absolute Gasteiger partial charge is 0.407 e. The van der Waals surface area contributed by atoms with Crippen LogP contribution in [0.15, 0.2) is 35.1 Å². The SMILES string of the molecule is CC(C)(C)OC(=O)NCCOc1cc2ncnc(Nc3cc(Cl)c(Br)cc3F)c2cc1[N+](=O)[O-]. The third-order valence-electron chi connectivity index (χ3n) is 4.20. The maximum atomic E-state index is 14.3. The minimum atomic E-state index is -0.655. The number of carbonyl (C=O) groups excluding carboxylic acids is 1. The minimum Gasteiger partial charge on any atom is -0.485 e. The van der Waals surface area contributed by atoms with Crippen molar-refractivity contribution in [2.24, 2.45) is 0 Å². The third kappa shape index (κ3) is 6.41. The van der Waals surface area contributed by atoms with Crippen molar-refractivity contribution in [2.45, 2.75) is 26.4 Å². The molecule has 2 aromatic carbocycles. The van der Waals surface area contributed by atoms with Crippen LogP contribution in [0.3, 0.4) is 0 Å². The summed E-state index contributed by atoms with van der Waals surface area (Å²) < 4.78 is 25.4. The lowest BCUT2D eigenvalue weighted by atomic mass is 10.2. The summed E-state index contributed by atoms with van der Waals surface area (Å²) in [6, 6.07) is 5.15. The van der Waals surface area contributed by atoms with Crippen LogP contribution in [0.2, 0.25) is 5.02 Å². The van der Waals surface area contributed by atoms with Gasteiger partial charge in [-0.1, -0.05) is 11.6 Å². The van der Waals surface area contributed by atoms with Gasteiger partial charge in [0.1, 0.15) is 30.2 Å². The van der Waals surface area contributed by atoms with Crippen LogP contribution >= 0.6 is 27.5 Å². The number of alkyl carbamates (subject to hydrolysis) is 1. The Kier molecular flexibility index (Phi) is 7.72. The Balaban J connectivity index is 1.83. The molecule has 0 unspecified atom stereocenters. The quantitative estimate of drug-likeness (QED) is 0.163. The topological polar surface area (TPSA) is 129 Å². The summed E-state index contributed by atoms with van der Waals surface area (Å²) >= 11 is 9.18. The summed E-state index contributed by atoms with van der Waals surface area (Å²) in [6.45, 7) is 5.19. The van der Waals surface area contributed by atoms with Crippen molar-refractivity contribution in [3.8, 4) is 5.75 Å². The molecule has 0 fully saturated rings. The number of hydrogen-bond acceptors (Lipinski definition) is 8. The largest absolute Gasteiger partial charge is 0.485 e. The Bertz CT molecular complexity index is 1250. The fraction of sp³-hybridized carbons (Fsp3) is 0.286. The van der Waals surface area contributed by atoms with E-state index in [4.69, 9.17) is 21.1 Å². The van der Waals surface area contributed by atoms with Gasteiger partial charge in [-0.05, 0) is 48.8 Å². The number of amides is 1. The summed E-state index contributed by atoms with van der Waals surface area (Å²) in [5.41, 5.74) is -0.652. The molecule has 2 N–H and O–H groups in total. The molecule has 10 nitrogen and oxygen atoms in total. The van der Waals surface area contributed by atoms with E-state index in [1.807, 2.05) is 0 Å². The van der Waals surface area contributed by atoms with Gasteiger partial charge in [0.2, 0.25) is 0 Å². The molecule has 0 aliphatic carbocycles. The fourth-order valence-electron chi connectivity index (χ4n) is 2.80. The number of nitrogens with one attached hydrogen (secondary N) is 2. The normalized spacial score (nSPS) is 11.2. The van der Waals surface area contributed by atoms with Gasteiger partial charge in [-0.25, -0.2) is 19.2 Å². The molecule has 0 saturated carbocycles. The first-order chi connectivity index (χ1) is 15.9. The minimum absolute atomic E-state index is 0.0318. The molecule has 0 spiro atoms. The summed E-state index contributed by atoms with van der Waals surface area (Å²) in [6.07, 6.45) is 0.593. The van der Waals surface area contributed by atoms with Crippen LogP contribution in [0, 0.1) is 15.9 Å². The van der Waals surface area contributed by atoms with Crippen molar-refractivity contribution in [3.63, 3.8) is 0 Å². The van der Waals surface area contributed by atoms with Crippen molar-refractivity contribution in [1.29, 1.82) is 0 Å². The number of rotatable bonds is 7. The van der Waals surface area contributed by atoms with Crippen molar-refractivity contribution in [3.05, 3.63) is 56.0 Å². The summed E-state index contributed by atoms with van der Waals surface area (Å²) in [7, 11) is 0. The van der Waals surface area contributed by atoms with Gasteiger partial charge in [-0.2, -0.15) is 0 Å². The maximum absolute atomic E-state index is 14.3. The number of halogens is 3. The first-order valence-corrected chi connectivity index (χ1v) is 11.1. The number of nitrogens with zero attached hydrogens (tertiary/aromatic N) is 3. The van der Waals surface area contributed by atoms with Crippen molar-refractivity contribution >= 4 is 61.7 Å². The van der Waals surface area contributed by atoms with E-state index >= 15 is 0 Å². The maximum Gasteiger partial charge on any atom is 0.407 e. The third-order valence-corrected chi connectivity index (χ3v) is 5.40. The number of fused-ring (bicyclic) bond motifs is 1. The number of nitro groups is 1. The molecule has 1 heterocycles. The molecule has 13 heteroatoms. The Hall–Kier alpha value is -3.25. The van der Waals surface area contributed by atoms with Crippen molar-refractivity contribution in [1.82, 2.24) is 15.3 Å². The standard InChI is InChI=1S/C21H20BrClFN5O5/c1-21(2,3)34-20(30)25-4-5-33-18-9-15-11(6-17(18)29(31)32)19(27-10-26-15)28-16-8-13(23)12(22)7-14(16)24/h6-10H,4-5H2,1-3H3,(H,25,30)(H,26,27,28). The van der Waals surface area contributed by atoms with Crippen molar-refractivity contribution in [2.75, 3.05) is 18.5 Å². The molecular formula is C21H20BrClFN5O5. The monoisotopic (exact) mass is 555 g/mol. The molecule has 0 aliphatic rings. The van der Waals surface area contributed by atoms with E-state index in [0.717, 1.165) is 0 Å². The van der Waals surface area contributed by atoms with Crippen LogP contribution in [-0.2, 0) is 4.74 Å². The number of hydrogen-bond donors (Lipinski definition) is 2. The second kappa shape index (κ2) is 10.3. The van der Waals surface area contributed by atoms with Gasteiger partial charge in [-0.3, -0.25) is 10.1 Å². The second-order valence-electron chi connectivity index (χ2n) is 7.96. The molecule has 180 valence electrons. The predicted octanol–water partition coefficient (Wildman–Crippen LogP) is 5.74. The summed E-state index contributed by atoms with van der Waals surface area (Å²) in [4.78, 5) is 31.0. The van der Waals surface area contributed by atoms with Crippen molar-refractivity contribution < 1.29 is 23.6 Å². The van der Waals surface area contributed by atoms with E-state index in [0.29, 0.717) is 9.99 Å². The van der Waals surface area contributed by atoms with Gasteiger partial charge in [0.05, 0.1) is 33.1 Å². The number of aromatic nitrogens is 2. The van der Waals surface area contributed by atoms with Gasteiger partial charge < -0.3 is 20.1 Å². The van der Waals surface area contributed by atoms with Crippen LogP contribution in [-0.4, -0.2) is 39.7 Å². The first kappa shape index (κ1) is 25.4. The summed E-state index contributed by atoms with van der Waals surface area (Å²) in [5.74, 6) is -0.510. The van der Waals surface area contributed by atoms with E-state index in [9.17, 15) is 19.3 Å². The lowest BCUT2D eigenvalue weighted by molar-refractivity contribution is -0.385. The molecule has 3 aromatic rings. The average molecular weight is 557 g/mol. The van der Waals surface area contributed by atoms with E-state index in [1.165, 1.54) is 30.6 Å². The number of carbonyl (C=O) groups is 1. The van der Waals surface area contributed by atoms with Crippen LogP contribution in [0.1, 0.15) is 20.8 Å². The molecular weight excluding hydrogens is 537 g/mol. The highest BCUT2D eigenvalue weighted by Crippen LogP contribution is 2.36. The highest BCUT2D eigenvalue weighted by molar-refractivity contribution is 9.10. The zero-order valence-electron chi connectivity index (χ0n) is 18.3. The average Bonchev–Trinajstić information content (AvgIpc) is 2.73. The number of benzene rings is 2. The fourth-order valence-corrected chi connectivity index (χ4v) is 3.28. The molecule has 0 bridgehead atoms. The summed E-state index contributed by atoms with van der Waals surface area (Å²) in [5, 5.41) is 17.5.